The summed E-state index contributed by atoms with van der Waals surface area (Å²) in [6, 6.07) is 4.84. The van der Waals surface area contributed by atoms with Gasteiger partial charge >= 0.3 is 6.36 Å². The lowest BCUT2D eigenvalue weighted by atomic mass is 10.0. The predicted octanol–water partition coefficient (Wildman–Crippen LogP) is 1.53. The fraction of sp³-hybridized carbons (Fsp3) is 0.417. The Morgan fingerprint density at radius 2 is 1.95 bits per heavy atom. The number of halogens is 3. The average Bonchev–Trinajstić information content (AvgIpc) is 2.25. The van der Waals surface area contributed by atoms with Gasteiger partial charge in [0, 0.05) is 31.1 Å². The molecular weight excluding hydrogens is 261 g/mol. The highest BCUT2D eigenvalue weighted by atomic mass is 19.4. The van der Waals surface area contributed by atoms with Crippen LogP contribution in [-0.4, -0.2) is 31.9 Å². The van der Waals surface area contributed by atoms with Gasteiger partial charge in [0.25, 0.3) is 5.91 Å². The van der Waals surface area contributed by atoms with Gasteiger partial charge in [-0.3, -0.25) is 4.79 Å². The summed E-state index contributed by atoms with van der Waals surface area (Å²) in [6.45, 7) is 2.31. The van der Waals surface area contributed by atoms with Crippen molar-refractivity contribution in [3.05, 3.63) is 29.8 Å². The van der Waals surface area contributed by atoms with Gasteiger partial charge in [0.15, 0.2) is 0 Å². The molecule has 0 aromatic heterocycles. The lowest BCUT2D eigenvalue weighted by molar-refractivity contribution is -0.274. The van der Waals surface area contributed by atoms with Gasteiger partial charge in [0.1, 0.15) is 5.75 Å². The van der Waals surface area contributed by atoms with Crippen LogP contribution in [0.25, 0.3) is 0 Å². The first-order valence-electron chi connectivity index (χ1n) is 5.79. The van der Waals surface area contributed by atoms with E-state index in [4.69, 9.17) is 0 Å². The third-order valence-corrected chi connectivity index (χ3v) is 2.77. The van der Waals surface area contributed by atoms with Gasteiger partial charge in [-0.1, -0.05) is 0 Å². The first kappa shape index (κ1) is 13.7. The van der Waals surface area contributed by atoms with Crippen molar-refractivity contribution < 1.29 is 22.7 Å². The summed E-state index contributed by atoms with van der Waals surface area (Å²) in [5.41, 5.74) is 0.307. The number of hydrogen-bond acceptors (Lipinski definition) is 3. The Hall–Kier alpha value is -1.76. The fourth-order valence-electron chi connectivity index (χ4n) is 1.64. The second kappa shape index (κ2) is 5.48. The molecule has 0 saturated carbocycles. The van der Waals surface area contributed by atoms with Crippen LogP contribution in [0.2, 0.25) is 0 Å². The van der Waals surface area contributed by atoms with Gasteiger partial charge in [0.05, 0.1) is 0 Å². The zero-order valence-electron chi connectivity index (χ0n) is 9.96. The lowest BCUT2D eigenvalue weighted by Crippen LogP contribution is -2.48. The van der Waals surface area contributed by atoms with Crippen molar-refractivity contribution in [3.63, 3.8) is 0 Å². The molecule has 0 aliphatic carbocycles. The minimum atomic E-state index is -4.72. The molecule has 0 bridgehead atoms. The number of rotatable bonds is 4. The van der Waals surface area contributed by atoms with Crippen LogP contribution in [0, 0.1) is 5.92 Å². The largest absolute Gasteiger partial charge is 0.573 e. The highest BCUT2D eigenvalue weighted by molar-refractivity contribution is 5.94. The number of amides is 1. The lowest BCUT2D eigenvalue weighted by Gasteiger charge is -2.27. The maximum atomic E-state index is 11.9. The van der Waals surface area contributed by atoms with Gasteiger partial charge in [0.2, 0.25) is 0 Å². The number of hydrogen-bond donors (Lipinski definition) is 2. The molecule has 1 aliphatic heterocycles. The molecule has 0 radical (unpaired) electrons. The van der Waals surface area contributed by atoms with E-state index in [0.29, 0.717) is 18.0 Å². The smallest absolute Gasteiger partial charge is 0.406 e. The normalized spacial score (nSPS) is 15.7. The van der Waals surface area contributed by atoms with Gasteiger partial charge in [-0.05, 0) is 24.3 Å². The Kier molecular flexibility index (Phi) is 3.94. The molecule has 1 saturated heterocycles. The third kappa shape index (κ3) is 4.13. The zero-order valence-corrected chi connectivity index (χ0v) is 9.96. The van der Waals surface area contributed by atoms with Crippen LogP contribution in [0.4, 0.5) is 13.2 Å². The monoisotopic (exact) mass is 274 g/mol. The molecule has 2 N–H and O–H groups in total. The SMILES string of the molecule is O=C(NCC1CNC1)c1ccc(OC(F)(F)F)cc1. The molecule has 4 nitrogen and oxygen atoms in total. The molecule has 7 heteroatoms. The molecule has 1 heterocycles. The number of ether oxygens (including phenoxy) is 1. The molecule has 1 aliphatic rings. The summed E-state index contributed by atoms with van der Waals surface area (Å²) in [4.78, 5) is 11.7. The van der Waals surface area contributed by atoms with Gasteiger partial charge in [-0.25, -0.2) is 0 Å². The first-order valence-corrected chi connectivity index (χ1v) is 5.79. The molecule has 1 aromatic rings. The maximum Gasteiger partial charge on any atom is 0.573 e. The molecule has 1 amide bonds. The maximum absolute atomic E-state index is 11.9. The van der Waals surface area contributed by atoms with E-state index in [0.717, 1.165) is 25.2 Å². The number of benzene rings is 1. The zero-order chi connectivity index (χ0) is 13.9. The van der Waals surface area contributed by atoms with E-state index in [-0.39, 0.29) is 11.7 Å². The van der Waals surface area contributed by atoms with Gasteiger partial charge in [-0.15, -0.1) is 13.2 Å². The van der Waals surface area contributed by atoms with Crippen molar-refractivity contribution in [3.8, 4) is 5.75 Å². The Balaban J connectivity index is 1.87. The van der Waals surface area contributed by atoms with Crippen LogP contribution in [0.1, 0.15) is 10.4 Å². The minimum absolute atomic E-state index is 0.301. The number of carbonyl (C=O) groups is 1. The van der Waals surface area contributed by atoms with Crippen molar-refractivity contribution in [1.82, 2.24) is 10.6 Å². The van der Waals surface area contributed by atoms with Crippen molar-refractivity contribution in [2.24, 2.45) is 5.92 Å². The van der Waals surface area contributed by atoms with Crippen LogP contribution in [0.3, 0.4) is 0 Å². The topological polar surface area (TPSA) is 50.4 Å². The van der Waals surface area contributed by atoms with Crippen LogP contribution < -0.4 is 15.4 Å². The van der Waals surface area contributed by atoms with Crippen LogP contribution >= 0.6 is 0 Å². The molecule has 104 valence electrons. The van der Waals surface area contributed by atoms with Crippen molar-refractivity contribution >= 4 is 5.91 Å². The summed E-state index contributed by atoms with van der Waals surface area (Å²) < 4.78 is 39.6. The fourth-order valence-corrected chi connectivity index (χ4v) is 1.64. The van der Waals surface area contributed by atoms with E-state index in [1.165, 1.54) is 12.1 Å². The highest BCUT2D eigenvalue weighted by Crippen LogP contribution is 2.22. The number of alkyl halides is 3. The Labute approximate surface area is 107 Å². The van der Waals surface area contributed by atoms with Gasteiger partial charge < -0.3 is 15.4 Å². The number of nitrogens with one attached hydrogen (secondary N) is 2. The van der Waals surface area contributed by atoms with E-state index >= 15 is 0 Å². The summed E-state index contributed by atoms with van der Waals surface area (Å²) in [5.74, 6) is -0.213. The Morgan fingerprint density at radius 1 is 1.32 bits per heavy atom. The molecule has 2 rings (SSSR count). The standard InChI is InChI=1S/C12H13F3N2O2/c13-12(14,15)19-10-3-1-9(2-4-10)11(18)17-7-8-5-16-6-8/h1-4,8,16H,5-7H2,(H,17,18). The summed E-state index contributed by atoms with van der Waals surface area (Å²) >= 11 is 0. The van der Waals surface area contributed by atoms with Crippen LogP contribution in [0.15, 0.2) is 24.3 Å². The predicted molar refractivity (Wildman–Crippen MR) is 61.8 cm³/mol. The molecule has 1 aromatic carbocycles. The van der Waals surface area contributed by atoms with Crippen molar-refractivity contribution in [2.75, 3.05) is 19.6 Å². The average molecular weight is 274 g/mol. The van der Waals surface area contributed by atoms with E-state index in [2.05, 4.69) is 15.4 Å². The number of carbonyl (C=O) groups excluding carboxylic acids is 1. The second-order valence-electron chi connectivity index (χ2n) is 4.31. The molecule has 0 atom stereocenters. The van der Waals surface area contributed by atoms with Crippen molar-refractivity contribution in [2.45, 2.75) is 6.36 Å². The molecule has 1 fully saturated rings. The Morgan fingerprint density at radius 3 is 2.42 bits per heavy atom. The summed E-state index contributed by atoms with van der Waals surface area (Å²) in [7, 11) is 0. The summed E-state index contributed by atoms with van der Waals surface area (Å²) in [5, 5.41) is 5.81. The second-order valence-corrected chi connectivity index (χ2v) is 4.31. The quantitative estimate of drug-likeness (QED) is 0.875. The third-order valence-electron chi connectivity index (χ3n) is 2.77. The van der Waals surface area contributed by atoms with E-state index in [9.17, 15) is 18.0 Å². The van der Waals surface area contributed by atoms with Crippen molar-refractivity contribution in [1.29, 1.82) is 0 Å². The van der Waals surface area contributed by atoms with E-state index in [1.54, 1.807) is 0 Å². The van der Waals surface area contributed by atoms with Crippen LogP contribution in [-0.2, 0) is 0 Å². The molecule has 0 unspecified atom stereocenters. The molecular formula is C12H13F3N2O2. The summed E-state index contributed by atoms with van der Waals surface area (Å²) in [6.07, 6.45) is -4.72. The molecule has 19 heavy (non-hydrogen) atoms. The van der Waals surface area contributed by atoms with Gasteiger partial charge in [-0.2, -0.15) is 0 Å². The first-order chi connectivity index (χ1) is 8.94. The van der Waals surface area contributed by atoms with E-state index < -0.39 is 6.36 Å². The van der Waals surface area contributed by atoms with Crippen LogP contribution in [0.5, 0.6) is 5.75 Å². The minimum Gasteiger partial charge on any atom is -0.406 e. The van der Waals surface area contributed by atoms with E-state index in [1.807, 2.05) is 0 Å². The molecule has 0 spiro atoms. The Bertz CT molecular complexity index is 441. The highest BCUT2D eigenvalue weighted by Gasteiger charge is 2.31.